The minimum atomic E-state index is -3.13. The molecular weight excluding hydrogens is 314 g/mol. The fourth-order valence-corrected chi connectivity index (χ4v) is 3.82. The van der Waals surface area contributed by atoms with Crippen molar-refractivity contribution in [2.45, 2.75) is 39.2 Å². The van der Waals surface area contributed by atoms with Crippen LogP contribution in [0.25, 0.3) is 0 Å². The van der Waals surface area contributed by atoms with Gasteiger partial charge in [0.1, 0.15) is 5.75 Å². The van der Waals surface area contributed by atoms with Gasteiger partial charge in [-0.25, -0.2) is 8.42 Å². The summed E-state index contributed by atoms with van der Waals surface area (Å²) < 4.78 is 28.1. The largest absolute Gasteiger partial charge is 0.494 e. The molecule has 0 unspecified atom stereocenters. The van der Waals surface area contributed by atoms with Crippen molar-refractivity contribution >= 4 is 15.7 Å². The van der Waals surface area contributed by atoms with E-state index in [2.05, 4.69) is 11.4 Å². The van der Waals surface area contributed by atoms with Gasteiger partial charge in [-0.05, 0) is 50.0 Å². The number of hydrogen-bond donors (Lipinski definition) is 1. The molecule has 1 heterocycles. The highest BCUT2D eigenvalue weighted by molar-refractivity contribution is 7.94. The van der Waals surface area contributed by atoms with Gasteiger partial charge in [0.05, 0.1) is 18.4 Å². The number of carbonyl (C=O) groups excluding carboxylic acids is 1. The lowest BCUT2D eigenvalue weighted by molar-refractivity contribution is -0.121. The Balaban J connectivity index is 1.75. The van der Waals surface area contributed by atoms with E-state index in [0.29, 0.717) is 13.0 Å². The molecule has 0 radical (unpaired) electrons. The third kappa shape index (κ3) is 5.39. The lowest BCUT2D eigenvalue weighted by atomic mass is 10.0. The number of hydrogen-bond acceptors (Lipinski definition) is 4. The van der Waals surface area contributed by atoms with Crippen LogP contribution in [0.1, 0.15) is 30.9 Å². The zero-order valence-corrected chi connectivity index (χ0v) is 14.4. The Kier molecular flexibility index (Phi) is 5.82. The van der Waals surface area contributed by atoms with Gasteiger partial charge >= 0.3 is 0 Å². The van der Waals surface area contributed by atoms with E-state index >= 15 is 0 Å². The molecule has 1 aromatic carbocycles. The highest BCUT2D eigenvalue weighted by atomic mass is 32.2. The minimum absolute atomic E-state index is 0.0309. The van der Waals surface area contributed by atoms with Crippen molar-refractivity contribution in [2.75, 3.05) is 12.4 Å². The van der Waals surface area contributed by atoms with E-state index in [1.165, 1.54) is 17.0 Å². The number of nitrogens with one attached hydrogen (secondary N) is 1. The van der Waals surface area contributed by atoms with Gasteiger partial charge in [-0.3, -0.25) is 4.79 Å². The Morgan fingerprint density at radius 3 is 2.78 bits per heavy atom. The van der Waals surface area contributed by atoms with E-state index in [0.717, 1.165) is 24.2 Å². The van der Waals surface area contributed by atoms with Crippen LogP contribution in [0.15, 0.2) is 29.7 Å². The van der Waals surface area contributed by atoms with Crippen LogP contribution in [0.2, 0.25) is 0 Å². The number of rotatable bonds is 7. The molecule has 0 saturated carbocycles. The third-order valence-corrected chi connectivity index (χ3v) is 5.08. The number of ether oxygens (including phenoxy) is 1. The van der Waals surface area contributed by atoms with Crippen LogP contribution in [0, 0.1) is 6.92 Å². The molecule has 0 saturated heterocycles. The predicted octanol–water partition coefficient (Wildman–Crippen LogP) is 2.14. The zero-order valence-electron chi connectivity index (χ0n) is 13.5. The topological polar surface area (TPSA) is 72.5 Å². The molecule has 1 amide bonds. The summed E-state index contributed by atoms with van der Waals surface area (Å²) >= 11 is 0. The molecule has 0 aliphatic carbocycles. The highest BCUT2D eigenvalue weighted by Crippen LogP contribution is 2.20. The van der Waals surface area contributed by atoms with Gasteiger partial charge in [0.15, 0.2) is 9.84 Å². The average molecular weight is 337 g/mol. The molecule has 1 aliphatic rings. The van der Waals surface area contributed by atoms with E-state index < -0.39 is 9.84 Å². The summed E-state index contributed by atoms with van der Waals surface area (Å²) in [5.41, 5.74) is 2.26. The molecule has 1 aromatic rings. The van der Waals surface area contributed by atoms with Crippen LogP contribution in [-0.4, -0.2) is 32.7 Å². The molecule has 0 aromatic heterocycles. The van der Waals surface area contributed by atoms with Crippen molar-refractivity contribution < 1.29 is 17.9 Å². The number of benzene rings is 1. The summed E-state index contributed by atoms with van der Waals surface area (Å²) in [6.45, 7) is 4.61. The molecule has 0 bridgehead atoms. The molecule has 0 spiro atoms. The van der Waals surface area contributed by atoms with E-state index in [1.807, 2.05) is 26.0 Å². The van der Waals surface area contributed by atoms with Gasteiger partial charge < -0.3 is 10.1 Å². The summed E-state index contributed by atoms with van der Waals surface area (Å²) in [7, 11) is -3.13. The maximum Gasteiger partial charge on any atom is 0.220 e. The van der Waals surface area contributed by atoms with Crippen LogP contribution in [0.5, 0.6) is 5.75 Å². The number of aryl methyl sites for hydroxylation is 2. The maximum absolute atomic E-state index is 11.8. The van der Waals surface area contributed by atoms with Crippen molar-refractivity contribution in [1.82, 2.24) is 5.32 Å². The van der Waals surface area contributed by atoms with Gasteiger partial charge in [-0.15, -0.1) is 0 Å². The smallest absolute Gasteiger partial charge is 0.220 e. The Labute approximate surface area is 137 Å². The Hall–Kier alpha value is -1.82. The Bertz CT molecular complexity index is 695. The maximum atomic E-state index is 11.8. The third-order valence-electron chi connectivity index (χ3n) is 3.68. The first-order valence-electron chi connectivity index (χ1n) is 7.82. The van der Waals surface area contributed by atoms with E-state index in [-0.39, 0.29) is 17.7 Å². The first-order chi connectivity index (χ1) is 10.9. The lowest BCUT2D eigenvalue weighted by Gasteiger charge is -2.11. The number of amides is 1. The van der Waals surface area contributed by atoms with Crippen LogP contribution < -0.4 is 10.1 Å². The monoisotopic (exact) mass is 337 g/mol. The fraction of sp³-hybridized carbons (Fsp3) is 0.471. The molecule has 126 valence electrons. The first kappa shape index (κ1) is 17.5. The summed E-state index contributed by atoms with van der Waals surface area (Å²) in [6, 6.07) is 5.67. The molecule has 6 heteroatoms. The number of carbonyl (C=O) groups is 1. The summed E-state index contributed by atoms with van der Waals surface area (Å²) in [5, 5.41) is 3.90. The second kappa shape index (κ2) is 7.64. The van der Waals surface area contributed by atoms with Gasteiger partial charge in [-0.2, -0.15) is 0 Å². The Morgan fingerprint density at radius 1 is 1.39 bits per heavy atom. The second-order valence-corrected chi connectivity index (χ2v) is 7.65. The molecule has 1 aliphatic heterocycles. The van der Waals surface area contributed by atoms with Gasteiger partial charge in [-0.1, -0.05) is 12.1 Å². The SMILES string of the molecule is CCOc1ccc(CCCC(=O)N[C@H]2C=CS(=O)(=O)C2)cc1C. The fourth-order valence-electron chi connectivity index (χ4n) is 2.58. The molecule has 2 rings (SSSR count). The van der Waals surface area contributed by atoms with Gasteiger partial charge in [0.25, 0.3) is 0 Å². The van der Waals surface area contributed by atoms with Crippen molar-refractivity contribution in [3.8, 4) is 5.75 Å². The van der Waals surface area contributed by atoms with E-state index in [1.54, 1.807) is 0 Å². The molecule has 1 atom stereocenters. The van der Waals surface area contributed by atoms with Crippen molar-refractivity contribution in [3.63, 3.8) is 0 Å². The van der Waals surface area contributed by atoms with Crippen LogP contribution in [0.3, 0.4) is 0 Å². The predicted molar refractivity (Wildman–Crippen MR) is 90.1 cm³/mol. The number of sulfone groups is 1. The van der Waals surface area contributed by atoms with Crippen LogP contribution in [0.4, 0.5) is 0 Å². The second-order valence-electron chi connectivity index (χ2n) is 5.72. The minimum Gasteiger partial charge on any atom is -0.494 e. The first-order valence-corrected chi connectivity index (χ1v) is 9.54. The Morgan fingerprint density at radius 2 is 2.17 bits per heavy atom. The normalized spacial score (nSPS) is 18.8. The molecule has 1 N–H and O–H groups in total. The molecular formula is C17H23NO4S. The van der Waals surface area contributed by atoms with Crippen molar-refractivity contribution in [3.05, 3.63) is 40.8 Å². The average Bonchev–Trinajstić information content (AvgIpc) is 2.81. The van der Waals surface area contributed by atoms with Gasteiger partial charge in [0.2, 0.25) is 5.91 Å². The molecule has 23 heavy (non-hydrogen) atoms. The molecule has 0 fully saturated rings. The van der Waals surface area contributed by atoms with Gasteiger partial charge in [0, 0.05) is 11.8 Å². The quantitative estimate of drug-likeness (QED) is 0.827. The van der Waals surface area contributed by atoms with Crippen LogP contribution in [-0.2, 0) is 21.1 Å². The lowest BCUT2D eigenvalue weighted by Crippen LogP contribution is -2.35. The molecule has 5 nitrogen and oxygen atoms in total. The summed E-state index contributed by atoms with van der Waals surface area (Å²) in [5.74, 6) is 0.749. The van der Waals surface area contributed by atoms with E-state index in [9.17, 15) is 13.2 Å². The van der Waals surface area contributed by atoms with Crippen molar-refractivity contribution in [1.29, 1.82) is 0 Å². The van der Waals surface area contributed by atoms with Crippen LogP contribution >= 0.6 is 0 Å². The summed E-state index contributed by atoms with van der Waals surface area (Å²) in [4.78, 5) is 11.8. The zero-order chi connectivity index (χ0) is 16.9. The standard InChI is InChI=1S/C17H23NO4S/c1-3-22-16-8-7-14(11-13(16)2)5-4-6-17(19)18-15-9-10-23(20,21)12-15/h7-11,15H,3-6,12H2,1-2H3,(H,18,19)/t15-/m0/s1. The van der Waals surface area contributed by atoms with Crippen molar-refractivity contribution in [2.24, 2.45) is 0 Å². The highest BCUT2D eigenvalue weighted by Gasteiger charge is 2.22. The summed E-state index contributed by atoms with van der Waals surface area (Å²) in [6.07, 6.45) is 3.45. The van der Waals surface area contributed by atoms with E-state index in [4.69, 9.17) is 4.74 Å².